The second kappa shape index (κ2) is 4.90. The van der Waals surface area contributed by atoms with Gasteiger partial charge < -0.3 is 9.84 Å². The highest BCUT2D eigenvalue weighted by Gasteiger charge is 2.21. The summed E-state index contributed by atoms with van der Waals surface area (Å²) in [5.41, 5.74) is 2.23. The molecule has 94 valence electrons. The molecule has 1 aliphatic heterocycles. The van der Waals surface area contributed by atoms with Gasteiger partial charge in [-0.05, 0) is 32.4 Å². The Kier molecular flexibility index (Phi) is 3.11. The third-order valence-electron chi connectivity index (χ3n) is 3.36. The van der Waals surface area contributed by atoms with Gasteiger partial charge in [0.25, 0.3) is 0 Å². The van der Waals surface area contributed by atoms with Crippen molar-refractivity contribution in [2.45, 2.75) is 25.7 Å². The zero-order chi connectivity index (χ0) is 12.4. The van der Waals surface area contributed by atoms with E-state index in [0.717, 1.165) is 31.0 Å². The molecular formula is C14H17N3O. The van der Waals surface area contributed by atoms with E-state index in [9.17, 15) is 0 Å². The Hall–Kier alpha value is -1.68. The number of nitrogens with one attached hydrogen (secondary N) is 1. The first-order chi connectivity index (χ1) is 8.83. The maximum Gasteiger partial charge on any atom is 0.231 e. The summed E-state index contributed by atoms with van der Waals surface area (Å²) in [5, 5.41) is 7.45. The predicted molar refractivity (Wildman–Crippen MR) is 69.3 cm³/mol. The summed E-state index contributed by atoms with van der Waals surface area (Å²) >= 11 is 0. The molecule has 18 heavy (non-hydrogen) atoms. The highest BCUT2D eigenvalue weighted by molar-refractivity contribution is 5.55. The van der Waals surface area contributed by atoms with Crippen LogP contribution in [0.15, 0.2) is 28.8 Å². The first-order valence-electron chi connectivity index (χ1n) is 6.44. The van der Waals surface area contributed by atoms with Crippen LogP contribution in [0.2, 0.25) is 0 Å². The fraction of sp³-hybridized carbons (Fsp3) is 0.429. The van der Waals surface area contributed by atoms with Crippen LogP contribution in [-0.2, 0) is 0 Å². The SMILES string of the molecule is Cc1cccc(-c2noc([C@@H]3CCCNC3)n2)c1. The van der Waals surface area contributed by atoms with Crippen molar-refractivity contribution in [2.24, 2.45) is 0 Å². The van der Waals surface area contributed by atoms with Gasteiger partial charge in [0, 0.05) is 12.1 Å². The number of piperidine rings is 1. The number of aromatic nitrogens is 2. The topological polar surface area (TPSA) is 51.0 Å². The van der Waals surface area contributed by atoms with Gasteiger partial charge in [-0.15, -0.1) is 0 Å². The van der Waals surface area contributed by atoms with Gasteiger partial charge in [0.2, 0.25) is 11.7 Å². The van der Waals surface area contributed by atoms with Crippen LogP contribution < -0.4 is 5.32 Å². The van der Waals surface area contributed by atoms with E-state index in [4.69, 9.17) is 4.52 Å². The maximum atomic E-state index is 5.40. The molecule has 4 heteroatoms. The van der Waals surface area contributed by atoms with Crippen molar-refractivity contribution < 1.29 is 4.52 Å². The van der Waals surface area contributed by atoms with Crippen LogP contribution in [0, 0.1) is 6.92 Å². The zero-order valence-electron chi connectivity index (χ0n) is 10.5. The molecule has 0 aliphatic carbocycles. The van der Waals surface area contributed by atoms with Crippen molar-refractivity contribution in [1.29, 1.82) is 0 Å². The fourth-order valence-electron chi connectivity index (χ4n) is 2.37. The monoisotopic (exact) mass is 243 g/mol. The first-order valence-corrected chi connectivity index (χ1v) is 6.44. The summed E-state index contributed by atoms with van der Waals surface area (Å²) in [7, 11) is 0. The van der Waals surface area contributed by atoms with E-state index in [0.29, 0.717) is 11.7 Å². The van der Waals surface area contributed by atoms with Crippen molar-refractivity contribution in [1.82, 2.24) is 15.5 Å². The van der Waals surface area contributed by atoms with Gasteiger partial charge in [-0.2, -0.15) is 4.98 Å². The minimum absolute atomic E-state index is 0.366. The Labute approximate surface area is 106 Å². The van der Waals surface area contributed by atoms with Gasteiger partial charge in [-0.3, -0.25) is 0 Å². The van der Waals surface area contributed by atoms with Crippen molar-refractivity contribution in [3.8, 4) is 11.4 Å². The molecule has 0 amide bonds. The largest absolute Gasteiger partial charge is 0.339 e. The number of hydrogen-bond donors (Lipinski definition) is 1. The molecule has 0 spiro atoms. The second-order valence-electron chi connectivity index (χ2n) is 4.87. The van der Waals surface area contributed by atoms with E-state index in [-0.39, 0.29) is 0 Å². The normalized spacial score (nSPS) is 19.9. The molecular weight excluding hydrogens is 226 g/mol. The predicted octanol–water partition coefficient (Wildman–Crippen LogP) is 2.51. The lowest BCUT2D eigenvalue weighted by Crippen LogP contribution is -2.28. The average molecular weight is 243 g/mol. The molecule has 0 radical (unpaired) electrons. The Balaban J connectivity index is 1.84. The summed E-state index contributed by atoms with van der Waals surface area (Å²) in [4.78, 5) is 4.53. The molecule has 2 aromatic rings. The molecule has 1 aromatic carbocycles. The minimum Gasteiger partial charge on any atom is -0.339 e. The Morgan fingerprint density at radius 2 is 2.33 bits per heavy atom. The van der Waals surface area contributed by atoms with Crippen LogP contribution in [0.4, 0.5) is 0 Å². The molecule has 1 aliphatic rings. The molecule has 1 aromatic heterocycles. The molecule has 1 fully saturated rings. The van der Waals surface area contributed by atoms with Crippen molar-refractivity contribution >= 4 is 0 Å². The summed E-state index contributed by atoms with van der Waals surface area (Å²) in [6.45, 7) is 4.10. The maximum absolute atomic E-state index is 5.40. The summed E-state index contributed by atoms with van der Waals surface area (Å²) < 4.78 is 5.40. The molecule has 2 heterocycles. The summed E-state index contributed by atoms with van der Waals surface area (Å²) in [6.07, 6.45) is 2.30. The highest BCUT2D eigenvalue weighted by atomic mass is 16.5. The number of nitrogens with zero attached hydrogens (tertiary/aromatic N) is 2. The molecule has 0 bridgehead atoms. The zero-order valence-corrected chi connectivity index (χ0v) is 10.5. The van der Waals surface area contributed by atoms with E-state index in [2.05, 4.69) is 34.5 Å². The van der Waals surface area contributed by atoms with E-state index < -0.39 is 0 Å². The lowest BCUT2D eigenvalue weighted by Gasteiger charge is -2.18. The van der Waals surface area contributed by atoms with Crippen LogP contribution in [0.1, 0.15) is 30.2 Å². The smallest absolute Gasteiger partial charge is 0.231 e. The van der Waals surface area contributed by atoms with Crippen LogP contribution in [0.3, 0.4) is 0 Å². The Bertz CT molecular complexity index is 529. The van der Waals surface area contributed by atoms with Gasteiger partial charge in [0.1, 0.15) is 0 Å². The van der Waals surface area contributed by atoms with E-state index in [1.807, 2.05) is 12.1 Å². The molecule has 0 unspecified atom stereocenters. The average Bonchev–Trinajstić information content (AvgIpc) is 2.89. The van der Waals surface area contributed by atoms with E-state index in [1.165, 1.54) is 12.0 Å². The van der Waals surface area contributed by atoms with Crippen molar-refractivity contribution in [3.63, 3.8) is 0 Å². The number of aryl methyl sites for hydroxylation is 1. The number of rotatable bonds is 2. The molecule has 3 rings (SSSR count). The Morgan fingerprint density at radius 1 is 1.39 bits per heavy atom. The lowest BCUT2D eigenvalue weighted by molar-refractivity contribution is 0.322. The van der Waals surface area contributed by atoms with Crippen LogP contribution >= 0.6 is 0 Å². The molecule has 1 saturated heterocycles. The molecule has 4 nitrogen and oxygen atoms in total. The molecule has 1 atom stereocenters. The standard InChI is InChI=1S/C14H17N3O/c1-10-4-2-5-11(8-10)13-16-14(18-17-13)12-6-3-7-15-9-12/h2,4-5,8,12,15H,3,6-7,9H2,1H3/t12-/m1/s1. The quantitative estimate of drug-likeness (QED) is 0.880. The number of hydrogen-bond acceptors (Lipinski definition) is 4. The van der Waals surface area contributed by atoms with Crippen LogP contribution in [0.5, 0.6) is 0 Å². The summed E-state index contributed by atoms with van der Waals surface area (Å²) in [6, 6.07) is 8.17. The Morgan fingerprint density at radius 3 is 3.11 bits per heavy atom. The van der Waals surface area contributed by atoms with Gasteiger partial charge in [0.15, 0.2) is 0 Å². The lowest BCUT2D eigenvalue weighted by atomic mass is 10.00. The van der Waals surface area contributed by atoms with E-state index >= 15 is 0 Å². The van der Waals surface area contributed by atoms with Gasteiger partial charge >= 0.3 is 0 Å². The summed E-state index contributed by atoms with van der Waals surface area (Å²) in [5.74, 6) is 1.82. The van der Waals surface area contributed by atoms with Crippen molar-refractivity contribution in [2.75, 3.05) is 13.1 Å². The fourth-order valence-corrected chi connectivity index (χ4v) is 2.37. The van der Waals surface area contributed by atoms with Crippen molar-refractivity contribution in [3.05, 3.63) is 35.7 Å². The van der Waals surface area contributed by atoms with Gasteiger partial charge in [-0.1, -0.05) is 28.9 Å². The molecule has 0 saturated carbocycles. The van der Waals surface area contributed by atoms with E-state index in [1.54, 1.807) is 0 Å². The minimum atomic E-state index is 0.366. The second-order valence-corrected chi connectivity index (χ2v) is 4.87. The first kappa shape index (κ1) is 11.4. The highest BCUT2D eigenvalue weighted by Crippen LogP contribution is 2.24. The number of benzene rings is 1. The van der Waals surface area contributed by atoms with Gasteiger partial charge in [0.05, 0.1) is 5.92 Å². The third kappa shape index (κ3) is 2.29. The van der Waals surface area contributed by atoms with Gasteiger partial charge in [-0.25, -0.2) is 0 Å². The van der Waals surface area contributed by atoms with Crippen LogP contribution in [0.25, 0.3) is 11.4 Å². The third-order valence-corrected chi connectivity index (χ3v) is 3.36. The van der Waals surface area contributed by atoms with Crippen LogP contribution in [-0.4, -0.2) is 23.2 Å². The molecule has 1 N–H and O–H groups in total.